The van der Waals surface area contributed by atoms with E-state index in [1.807, 2.05) is 6.26 Å². The number of nitrogens with zero attached hydrogens (tertiary/aromatic N) is 1. The smallest absolute Gasteiger partial charge is 0.321 e. The summed E-state index contributed by atoms with van der Waals surface area (Å²) in [6, 6.07) is 7.09. The number of benzene rings is 1. The molecule has 118 valence electrons. The summed E-state index contributed by atoms with van der Waals surface area (Å²) in [4.78, 5) is 15.3. The number of nitrogens with one attached hydrogen (secondary N) is 1. The molecule has 0 bridgehead atoms. The molecule has 1 aromatic carbocycles. The number of para-hydroxylation sites is 1. The van der Waals surface area contributed by atoms with Gasteiger partial charge in [0.15, 0.2) is 0 Å². The molecule has 1 unspecified atom stereocenters. The molecular formula is C14H16N2O4S2. The van der Waals surface area contributed by atoms with Gasteiger partial charge in [-0.15, -0.1) is 0 Å². The maximum absolute atomic E-state index is 12.5. The van der Waals surface area contributed by atoms with Crippen LogP contribution in [0.2, 0.25) is 0 Å². The lowest BCUT2D eigenvalue weighted by molar-refractivity contribution is -0.139. The van der Waals surface area contributed by atoms with Crippen molar-refractivity contribution in [1.29, 1.82) is 0 Å². The van der Waals surface area contributed by atoms with Crippen LogP contribution in [0.25, 0.3) is 10.9 Å². The number of carboxylic acids is 1. The summed E-state index contributed by atoms with van der Waals surface area (Å²) in [5.74, 6) is -0.640. The van der Waals surface area contributed by atoms with E-state index in [9.17, 15) is 18.3 Å². The second-order valence-corrected chi connectivity index (χ2v) is 7.29. The third kappa shape index (κ3) is 3.76. The lowest BCUT2D eigenvalue weighted by Crippen LogP contribution is -2.41. The summed E-state index contributed by atoms with van der Waals surface area (Å²) in [6.45, 7) is 0. The Kier molecular flexibility index (Phi) is 5.38. The number of hydrogen-bond donors (Lipinski definition) is 2. The van der Waals surface area contributed by atoms with Crippen molar-refractivity contribution in [2.75, 3.05) is 12.0 Å². The molecule has 1 heterocycles. The fourth-order valence-electron chi connectivity index (χ4n) is 2.01. The first-order valence-electron chi connectivity index (χ1n) is 6.53. The van der Waals surface area contributed by atoms with Gasteiger partial charge in [0.1, 0.15) is 10.9 Å². The molecule has 2 aromatic rings. The van der Waals surface area contributed by atoms with Crippen molar-refractivity contribution in [2.24, 2.45) is 0 Å². The Morgan fingerprint density at radius 1 is 1.36 bits per heavy atom. The lowest BCUT2D eigenvalue weighted by Gasteiger charge is -2.15. The zero-order valence-electron chi connectivity index (χ0n) is 11.9. The number of carboxylic acid groups (broad SMARTS) is 1. The van der Waals surface area contributed by atoms with Crippen LogP contribution in [0.3, 0.4) is 0 Å². The number of aliphatic carboxylic acids is 1. The van der Waals surface area contributed by atoms with E-state index in [4.69, 9.17) is 0 Å². The Labute approximate surface area is 133 Å². The van der Waals surface area contributed by atoms with Gasteiger partial charge in [-0.05, 0) is 30.6 Å². The van der Waals surface area contributed by atoms with E-state index < -0.39 is 22.0 Å². The number of hydrogen-bond acceptors (Lipinski definition) is 5. The van der Waals surface area contributed by atoms with E-state index in [1.54, 1.807) is 24.3 Å². The fraction of sp³-hybridized carbons (Fsp3) is 0.286. The average Bonchev–Trinajstić information content (AvgIpc) is 2.50. The average molecular weight is 340 g/mol. The Morgan fingerprint density at radius 2 is 2.09 bits per heavy atom. The van der Waals surface area contributed by atoms with E-state index in [2.05, 4.69) is 9.71 Å². The number of pyridine rings is 1. The summed E-state index contributed by atoms with van der Waals surface area (Å²) in [6.07, 6.45) is 3.56. The Morgan fingerprint density at radius 3 is 2.77 bits per heavy atom. The SMILES string of the molecule is CSCCC(NS(=O)(=O)c1cccc2cccnc12)C(=O)O. The standard InChI is InChI=1S/C14H16N2O4S2/c1-21-9-7-11(14(17)18)16-22(19,20)12-6-2-4-10-5-3-8-15-13(10)12/h2-6,8,11,16H,7,9H2,1H3,(H,17,18). The van der Waals surface area contributed by atoms with E-state index in [0.717, 1.165) is 0 Å². The van der Waals surface area contributed by atoms with Crippen LogP contribution < -0.4 is 4.72 Å². The highest BCUT2D eigenvalue weighted by molar-refractivity contribution is 7.98. The molecule has 6 nitrogen and oxygen atoms in total. The zero-order valence-corrected chi connectivity index (χ0v) is 13.5. The van der Waals surface area contributed by atoms with Gasteiger partial charge in [0.25, 0.3) is 0 Å². The minimum Gasteiger partial charge on any atom is -0.480 e. The van der Waals surface area contributed by atoms with Gasteiger partial charge >= 0.3 is 5.97 Å². The molecule has 0 amide bonds. The van der Waals surface area contributed by atoms with Crippen LogP contribution in [0.5, 0.6) is 0 Å². The molecule has 0 aliphatic carbocycles. The molecule has 2 N–H and O–H groups in total. The molecule has 0 saturated heterocycles. The quantitative estimate of drug-likeness (QED) is 0.797. The van der Waals surface area contributed by atoms with Gasteiger partial charge in [-0.2, -0.15) is 16.5 Å². The van der Waals surface area contributed by atoms with Crippen molar-refractivity contribution in [2.45, 2.75) is 17.4 Å². The van der Waals surface area contributed by atoms with Gasteiger partial charge < -0.3 is 5.11 Å². The van der Waals surface area contributed by atoms with E-state index in [1.165, 1.54) is 24.0 Å². The predicted octanol–water partition coefficient (Wildman–Crippen LogP) is 1.72. The highest BCUT2D eigenvalue weighted by Gasteiger charge is 2.26. The van der Waals surface area contributed by atoms with Crippen LogP contribution in [0.15, 0.2) is 41.4 Å². The number of thioether (sulfide) groups is 1. The van der Waals surface area contributed by atoms with Crippen LogP contribution in [-0.4, -0.2) is 42.5 Å². The molecular weight excluding hydrogens is 324 g/mol. The van der Waals surface area contributed by atoms with E-state index in [0.29, 0.717) is 16.7 Å². The maximum Gasteiger partial charge on any atom is 0.321 e. The number of fused-ring (bicyclic) bond motifs is 1. The predicted molar refractivity (Wildman–Crippen MR) is 86.5 cm³/mol. The van der Waals surface area contributed by atoms with E-state index >= 15 is 0 Å². The molecule has 0 aliphatic rings. The second-order valence-electron chi connectivity index (χ2n) is 4.62. The normalized spacial score (nSPS) is 13.1. The number of sulfonamides is 1. The van der Waals surface area contributed by atoms with Crippen molar-refractivity contribution >= 4 is 38.7 Å². The number of rotatable bonds is 7. The first-order chi connectivity index (χ1) is 10.5. The molecule has 0 saturated carbocycles. The van der Waals surface area contributed by atoms with Crippen LogP contribution >= 0.6 is 11.8 Å². The van der Waals surface area contributed by atoms with Crippen LogP contribution in [-0.2, 0) is 14.8 Å². The molecule has 1 atom stereocenters. The highest BCUT2D eigenvalue weighted by atomic mass is 32.2. The van der Waals surface area contributed by atoms with Crippen LogP contribution in [0.1, 0.15) is 6.42 Å². The van der Waals surface area contributed by atoms with Crippen molar-refractivity contribution in [3.05, 3.63) is 36.5 Å². The summed E-state index contributed by atoms with van der Waals surface area (Å²) >= 11 is 1.46. The Hall–Kier alpha value is -1.64. The summed E-state index contributed by atoms with van der Waals surface area (Å²) < 4.78 is 27.3. The Balaban J connectivity index is 2.38. The van der Waals surface area contributed by atoms with Crippen LogP contribution in [0, 0.1) is 0 Å². The van der Waals surface area contributed by atoms with Gasteiger partial charge in [-0.1, -0.05) is 18.2 Å². The first kappa shape index (κ1) is 16.7. The minimum absolute atomic E-state index is 0.0130. The van der Waals surface area contributed by atoms with Crippen molar-refractivity contribution in [3.63, 3.8) is 0 Å². The third-order valence-corrected chi connectivity index (χ3v) is 5.24. The number of carbonyl (C=O) groups is 1. The molecule has 0 aliphatic heterocycles. The zero-order chi connectivity index (χ0) is 16.2. The second kappa shape index (κ2) is 7.08. The van der Waals surface area contributed by atoms with Crippen molar-refractivity contribution in [3.8, 4) is 0 Å². The largest absolute Gasteiger partial charge is 0.480 e. The van der Waals surface area contributed by atoms with Gasteiger partial charge in [0.2, 0.25) is 10.0 Å². The third-order valence-electron chi connectivity index (χ3n) is 3.09. The molecule has 0 radical (unpaired) electrons. The number of aromatic nitrogens is 1. The minimum atomic E-state index is -3.96. The lowest BCUT2D eigenvalue weighted by atomic mass is 10.2. The van der Waals surface area contributed by atoms with E-state index in [-0.39, 0.29) is 11.3 Å². The molecule has 22 heavy (non-hydrogen) atoms. The highest BCUT2D eigenvalue weighted by Crippen LogP contribution is 2.21. The Bertz CT molecular complexity index is 772. The molecule has 8 heteroatoms. The fourth-order valence-corrected chi connectivity index (χ4v) is 3.89. The molecule has 1 aromatic heterocycles. The van der Waals surface area contributed by atoms with Gasteiger partial charge in [0, 0.05) is 11.6 Å². The van der Waals surface area contributed by atoms with Crippen molar-refractivity contribution in [1.82, 2.24) is 9.71 Å². The van der Waals surface area contributed by atoms with Gasteiger partial charge in [0.05, 0.1) is 5.52 Å². The van der Waals surface area contributed by atoms with Gasteiger partial charge in [-0.3, -0.25) is 9.78 Å². The first-order valence-corrected chi connectivity index (χ1v) is 9.41. The maximum atomic E-state index is 12.5. The summed E-state index contributed by atoms with van der Waals surface area (Å²) in [7, 11) is -3.96. The summed E-state index contributed by atoms with van der Waals surface area (Å²) in [5, 5.41) is 9.85. The molecule has 0 spiro atoms. The molecule has 2 rings (SSSR count). The van der Waals surface area contributed by atoms with Crippen LogP contribution in [0.4, 0.5) is 0 Å². The summed E-state index contributed by atoms with van der Waals surface area (Å²) in [5.41, 5.74) is 0.325. The molecule has 0 fully saturated rings. The monoisotopic (exact) mass is 340 g/mol. The van der Waals surface area contributed by atoms with Crippen molar-refractivity contribution < 1.29 is 18.3 Å². The van der Waals surface area contributed by atoms with Gasteiger partial charge in [-0.25, -0.2) is 8.42 Å². The topological polar surface area (TPSA) is 96.4 Å².